The molecule has 0 spiro atoms. The van der Waals surface area contributed by atoms with E-state index in [4.69, 9.17) is 4.74 Å². The zero-order valence-corrected chi connectivity index (χ0v) is 25.6. The molecule has 2 amide bonds. The molecule has 1 N–H and O–H groups in total. The van der Waals surface area contributed by atoms with Gasteiger partial charge >= 0.3 is 0 Å². The maximum atomic E-state index is 14.2. The smallest absolute Gasteiger partial charge is 0.244 e. The van der Waals surface area contributed by atoms with Crippen molar-refractivity contribution in [3.8, 4) is 5.75 Å². The molecule has 220 valence electrons. The molecule has 41 heavy (non-hydrogen) atoms. The second-order valence-electron chi connectivity index (χ2n) is 10.8. The molecule has 3 rings (SSSR count). The number of hydrogen-bond donors (Lipinski definition) is 1. The van der Waals surface area contributed by atoms with Crippen molar-refractivity contribution in [1.82, 2.24) is 10.2 Å². The fraction of sp³-hybridized carbons (Fsp3) is 0.375. The molecule has 0 aliphatic rings. The third-order valence-corrected chi connectivity index (χ3v) is 7.84. The molecule has 0 aromatic heterocycles. The van der Waals surface area contributed by atoms with E-state index in [1.807, 2.05) is 88.4 Å². The summed E-state index contributed by atoms with van der Waals surface area (Å²) in [6.07, 6.45) is 1.33. The van der Waals surface area contributed by atoms with Crippen molar-refractivity contribution in [3.05, 3.63) is 95.1 Å². The van der Waals surface area contributed by atoms with Crippen LogP contribution in [0, 0.1) is 19.8 Å². The van der Waals surface area contributed by atoms with Gasteiger partial charge in [-0.05, 0) is 48.6 Å². The van der Waals surface area contributed by atoms with Crippen molar-refractivity contribution in [3.63, 3.8) is 0 Å². The van der Waals surface area contributed by atoms with Crippen molar-refractivity contribution < 1.29 is 22.7 Å². The SMILES string of the molecule is COc1ccc(C)cc1N(CC(=O)N(Cc1ccc(C)cc1)[C@@H](Cc1ccccc1)C(=O)NCC(C)C)S(C)(=O)=O. The van der Waals surface area contributed by atoms with E-state index >= 15 is 0 Å². The molecule has 0 heterocycles. The molecule has 0 aliphatic heterocycles. The van der Waals surface area contributed by atoms with Crippen LogP contribution in [0.4, 0.5) is 5.69 Å². The highest BCUT2D eigenvalue weighted by molar-refractivity contribution is 7.92. The molecule has 0 saturated heterocycles. The van der Waals surface area contributed by atoms with Crippen LogP contribution in [0.25, 0.3) is 0 Å². The lowest BCUT2D eigenvalue weighted by Gasteiger charge is -2.34. The van der Waals surface area contributed by atoms with Gasteiger partial charge in [0, 0.05) is 19.5 Å². The number of ether oxygens (including phenoxy) is 1. The lowest BCUT2D eigenvalue weighted by Crippen LogP contribution is -2.53. The Balaban J connectivity index is 2.08. The van der Waals surface area contributed by atoms with Crippen LogP contribution in [0.1, 0.15) is 36.1 Å². The molecule has 9 heteroatoms. The number of nitrogens with zero attached hydrogens (tertiary/aromatic N) is 2. The first-order valence-corrected chi connectivity index (χ1v) is 15.5. The predicted molar refractivity (Wildman–Crippen MR) is 163 cm³/mol. The van der Waals surface area contributed by atoms with Crippen LogP contribution < -0.4 is 14.4 Å². The Hall–Kier alpha value is -3.85. The molecule has 3 aromatic carbocycles. The Morgan fingerprint density at radius 3 is 2.12 bits per heavy atom. The average Bonchev–Trinajstić information content (AvgIpc) is 2.93. The summed E-state index contributed by atoms with van der Waals surface area (Å²) in [6.45, 7) is 7.91. The van der Waals surface area contributed by atoms with Crippen LogP contribution in [-0.2, 0) is 32.6 Å². The highest BCUT2D eigenvalue weighted by Gasteiger charge is 2.33. The summed E-state index contributed by atoms with van der Waals surface area (Å²) in [7, 11) is -2.44. The van der Waals surface area contributed by atoms with E-state index < -0.39 is 28.5 Å². The van der Waals surface area contributed by atoms with Crippen LogP contribution in [0.3, 0.4) is 0 Å². The number of nitrogens with one attached hydrogen (secondary N) is 1. The van der Waals surface area contributed by atoms with E-state index in [2.05, 4.69) is 5.32 Å². The van der Waals surface area contributed by atoms with Gasteiger partial charge in [-0.1, -0.05) is 80.1 Å². The van der Waals surface area contributed by atoms with E-state index in [0.717, 1.165) is 32.8 Å². The second-order valence-corrected chi connectivity index (χ2v) is 12.7. The maximum Gasteiger partial charge on any atom is 0.244 e. The summed E-state index contributed by atoms with van der Waals surface area (Å²) < 4.78 is 32.6. The molecular weight excluding hydrogens is 538 g/mol. The lowest BCUT2D eigenvalue weighted by atomic mass is 10.0. The molecule has 3 aromatic rings. The van der Waals surface area contributed by atoms with Crippen LogP contribution >= 0.6 is 0 Å². The van der Waals surface area contributed by atoms with Gasteiger partial charge in [-0.15, -0.1) is 0 Å². The lowest BCUT2D eigenvalue weighted by molar-refractivity contribution is -0.140. The van der Waals surface area contributed by atoms with Gasteiger partial charge in [0.1, 0.15) is 18.3 Å². The van der Waals surface area contributed by atoms with Crippen molar-refractivity contribution in [2.24, 2.45) is 5.92 Å². The van der Waals surface area contributed by atoms with Gasteiger partial charge in [0.2, 0.25) is 21.8 Å². The van der Waals surface area contributed by atoms with Crippen LogP contribution in [0.15, 0.2) is 72.8 Å². The van der Waals surface area contributed by atoms with Crippen molar-refractivity contribution in [2.75, 3.05) is 30.8 Å². The minimum Gasteiger partial charge on any atom is -0.495 e. The molecule has 0 unspecified atom stereocenters. The minimum atomic E-state index is -3.90. The number of rotatable bonds is 13. The number of hydrogen-bond acceptors (Lipinski definition) is 5. The summed E-state index contributed by atoms with van der Waals surface area (Å²) >= 11 is 0. The fourth-order valence-electron chi connectivity index (χ4n) is 4.46. The highest BCUT2D eigenvalue weighted by atomic mass is 32.2. The molecule has 8 nitrogen and oxygen atoms in total. The monoisotopic (exact) mass is 579 g/mol. The molecule has 1 atom stereocenters. The van der Waals surface area contributed by atoms with Crippen LogP contribution in [0.5, 0.6) is 5.75 Å². The number of amides is 2. The van der Waals surface area contributed by atoms with E-state index in [-0.39, 0.29) is 30.5 Å². The third kappa shape index (κ3) is 9.08. The summed E-state index contributed by atoms with van der Waals surface area (Å²) in [6, 6.07) is 21.5. The maximum absolute atomic E-state index is 14.2. The Kier molecular flexibility index (Phi) is 10.9. The number of carbonyl (C=O) groups is 2. The molecule has 0 bridgehead atoms. The number of methoxy groups -OCH3 is 1. The van der Waals surface area contributed by atoms with Crippen LogP contribution in [0.2, 0.25) is 0 Å². The number of anilines is 1. The Morgan fingerprint density at radius 2 is 1.54 bits per heavy atom. The highest BCUT2D eigenvalue weighted by Crippen LogP contribution is 2.31. The number of benzene rings is 3. The molecule has 0 fully saturated rings. The fourth-order valence-corrected chi connectivity index (χ4v) is 5.30. The quantitative estimate of drug-likeness (QED) is 0.322. The van der Waals surface area contributed by atoms with E-state index in [1.165, 1.54) is 12.0 Å². The molecule has 0 saturated carbocycles. The first-order chi connectivity index (χ1) is 19.4. The molecular formula is C32H41N3O5S. The summed E-state index contributed by atoms with van der Waals surface area (Å²) in [5.41, 5.74) is 3.87. The zero-order valence-electron chi connectivity index (χ0n) is 24.8. The normalized spacial score (nSPS) is 12.1. The Labute approximate surface area is 244 Å². The summed E-state index contributed by atoms with van der Waals surface area (Å²) in [4.78, 5) is 29.4. The Morgan fingerprint density at radius 1 is 0.902 bits per heavy atom. The molecule has 0 radical (unpaired) electrons. The van der Waals surface area contributed by atoms with Gasteiger partial charge in [-0.2, -0.15) is 0 Å². The largest absolute Gasteiger partial charge is 0.495 e. The third-order valence-electron chi connectivity index (χ3n) is 6.71. The second kappa shape index (κ2) is 14.2. The van der Waals surface area contributed by atoms with E-state index in [9.17, 15) is 18.0 Å². The van der Waals surface area contributed by atoms with E-state index in [1.54, 1.807) is 12.1 Å². The van der Waals surface area contributed by atoms with E-state index in [0.29, 0.717) is 12.3 Å². The van der Waals surface area contributed by atoms with Gasteiger partial charge < -0.3 is 15.0 Å². The van der Waals surface area contributed by atoms with Gasteiger partial charge in [-0.3, -0.25) is 13.9 Å². The first-order valence-electron chi connectivity index (χ1n) is 13.7. The average molecular weight is 580 g/mol. The van der Waals surface area contributed by atoms with Gasteiger partial charge in [0.15, 0.2) is 0 Å². The number of carbonyl (C=O) groups excluding carboxylic acids is 2. The van der Waals surface area contributed by atoms with Crippen molar-refractivity contribution in [1.29, 1.82) is 0 Å². The first kappa shape index (κ1) is 31.7. The molecule has 0 aliphatic carbocycles. The summed E-state index contributed by atoms with van der Waals surface area (Å²) in [5, 5.41) is 2.99. The van der Waals surface area contributed by atoms with Crippen molar-refractivity contribution >= 4 is 27.5 Å². The van der Waals surface area contributed by atoms with Gasteiger partial charge in [-0.25, -0.2) is 8.42 Å². The number of aryl methyl sites for hydroxylation is 2. The minimum absolute atomic E-state index is 0.133. The summed E-state index contributed by atoms with van der Waals surface area (Å²) in [5.74, 6) is -0.247. The predicted octanol–water partition coefficient (Wildman–Crippen LogP) is 4.49. The van der Waals surface area contributed by atoms with Gasteiger partial charge in [0.25, 0.3) is 0 Å². The van der Waals surface area contributed by atoms with Crippen molar-refractivity contribution in [2.45, 2.75) is 46.7 Å². The van der Waals surface area contributed by atoms with Crippen LogP contribution in [-0.4, -0.2) is 57.6 Å². The van der Waals surface area contributed by atoms with Gasteiger partial charge in [0.05, 0.1) is 19.1 Å². The number of sulfonamides is 1. The topological polar surface area (TPSA) is 96.0 Å². The Bertz CT molecular complexity index is 1420. The zero-order chi connectivity index (χ0) is 30.2. The standard InChI is InChI=1S/C32H41N3O5S/c1-23(2)20-33-32(37)29(19-26-10-8-7-9-11-26)34(21-27-15-12-24(3)13-16-27)31(36)22-35(41(6,38)39)28-18-25(4)14-17-30(28)40-5/h7-18,23,29H,19-22H2,1-6H3,(H,33,37)/t29-/m0/s1.